The minimum Gasteiger partial charge on any atom is -0.456 e. The summed E-state index contributed by atoms with van der Waals surface area (Å²) in [6, 6.07) is 15.9. The van der Waals surface area contributed by atoms with Crippen molar-refractivity contribution in [1.29, 1.82) is 5.26 Å². The molecular formula is C19H14ClN3O2. The molecule has 1 N–H and O–H groups in total. The zero-order valence-corrected chi connectivity index (χ0v) is 14.2. The van der Waals surface area contributed by atoms with E-state index >= 15 is 0 Å². The second kappa shape index (κ2) is 7.20. The number of benzene rings is 2. The summed E-state index contributed by atoms with van der Waals surface area (Å²) in [6.45, 7) is 1.92. The Morgan fingerprint density at radius 3 is 2.72 bits per heavy atom. The Bertz CT molecular complexity index is 1000. The highest BCUT2D eigenvalue weighted by molar-refractivity contribution is 6.30. The first-order valence-corrected chi connectivity index (χ1v) is 7.94. The molecule has 3 rings (SSSR count). The monoisotopic (exact) mass is 351 g/mol. The molecule has 0 spiro atoms. The summed E-state index contributed by atoms with van der Waals surface area (Å²) < 4.78 is 5.92. The zero-order chi connectivity index (χ0) is 17.8. The van der Waals surface area contributed by atoms with Gasteiger partial charge in [0, 0.05) is 23.6 Å². The Morgan fingerprint density at radius 2 is 2.00 bits per heavy atom. The fourth-order valence-corrected chi connectivity index (χ4v) is 2.50. The lowest BCUT2D eigenvalue weighted by atomic mass is 10.1. The molecule has 0 fully saturated rings. The van der Waals surface area contributed by atoms with E-state index in [9.17, 15) is 10.1 Å². The number of hydrogen-bond acceptors (Lipinski definition) is 4. The van der Waals surface area contributed by atoms with Crippen LogP contribution in [0.1, 0.15) is 22.4 Å². The molecule has 6 heteroatoms. The van der Waals surface area contributed by atoms with Gasteiger partial charge in [-0.1, -0.05) is 23.7 Å². The van der Waals surface area contributed by atoms with Crippen LogP contribution in [0, 0.1) is 18.3 Å². The van der Waals surface area contributed by atoms with E-state index in [1.807, 2.05) is 25.1 Å². The SMILES string of the molecule is Cc1ccc(Cc2ccc(=O)[nH]n2)cc1Oc1cc(Cl)ccc1C#N. The van der Waals surface area contributed by atoms with Crippen molar-refractivity contribution in [3.63, 3.8) is 0 Å². The van der Waals surface area contributed by atoms with Crippen molar-refractivity contribution in [3.05, 3.63) is 86.3 Å². The van der Waals surface area contributed by atoms with Crippen molar-refractivity contribution in [3.8, 4) is 17.6 Å². The first kappa shape index (κ1) is 16.7. The topological polar surface area (TPSA) is 78.8 Å². The summed E-state index contributed by atoms with van der Waals surface area (Å²) in [5.41, 5.74) is 2.83. The predicted octanol–water partition coefficient (Wildman–Crippen LogP) is 3.99. The molecule has 5 nitrogen and oxygen atoms in total. The molecule has 0 atom stereocenters. The van der Waals surface area contributed by atoms with Crippen LogP contribution in [0.5, 0.6) is 11.5 Å². The quantitative estimate of drug-likeness (QED) is 0.770. The van der Waals surface area contributed by atoms with Gasteiger partial charge < -0.3 is 4.74 Å². The van der Waals surface area contributed by atoms with Gasteiger partial charge in [-0.3, -0.25) is 4.79 Å². The van der Waals surface area contributed by atoms with E-state index in [1.165, 1.54) is 6.07 Å². The molecule has 0 unspecified atom stereocenters. The molecule has 3 aromatic rings. The van der Waals surface area contributed by atoms with E-state index in [1.54, 1.807) is 24.3 Å². The lowest BCUT2D eigenvalue weighted by molar-refractivity contribution is 0.477. The number of nitrogens with zero attached hydrogens (tertiary/aromatic N) is 2. The fraction of sp³-hybridized carbons (Fsp3) is 0.105. The molecule has 0 amide bonds. The van der Waals surface area contributed by atoms with Crippen molar-refractivity contribution in [1.82, 2.24) is 10.2 Å². The van der Waals surface area contributed by atoms with Crippen LogP contribution in [0.3, 0.4) is 0 Å². The van der Waals surface area contributed by atoms with Crippen LogP contribution in [0.2, 0.25) is 5.02 Å². The summed E-state index contributed by atoms with van der Waals surface area (Å²) in [5, 5.41) is 16.1. The maximum atomic E-state index is 11.1. The van der Waals surface area contributed by atoms with Gasteiger partial charge in [0.2, 0.25) is 0 Å². The number of aromatic amines is 1. The summed E-state index contributed by atoms with van der Waals surface area (Å²) in [5.74, 6) is 1.05. The van der Waals surface area contributed by atoms with Crippen molar-refractivity contribution < 1.29 is 4.74 Å². The molecule has 0 aliphatic carbocycles. The molecule has 1 heterocycles. The van der Waals surface area contributed by atoms with Gasteiger partial charge in [0.1, 0.15) is 17.6 Å². The number of rotatable bonds is 4. The van der Waals surface area contributed by atoms with Gasteiger partial charge in [0.15, 0.2) is 0 Å². The predicted molar refractivity (Wildman–Crippen MR) is 95.1 cm³/mol. The molecule has 2 aromatic carbocycles. The molecule has 0 aliphatic heterocycles. The first-order chi connectivity index (χ1) is 12.0. The van der Waals surface area contributed by atoms with E-state index < -0.39 is 0 Å². The van der Waals surface area contributed by atoms with Gasteiger partial charge in [-0.25, -0.2) is 5.10 Å². The molecule has 0 saturated carbocycles. The lowest BCUT2D eigenvalue weighted by Crippen LogP contribution is -2.07. The number of ether oxygens (including phenoxy) is 1. The third-order valence-electron chi connectivity index (χ3n) is 3.66. The van der Waals surface area contributed by atoms with Gasteiger partial charge in [-0.2, -0.15) is 10.4 Å². The normalized spacial score (nSPS) is 10.3. The number of H-pyrrole nitrogens is 1. The second-order valence-corrected chi connectivity index (χ2v) is 5.98. The maximum Gasteiger partial charge on any atom is 0.264 e. The summed E-state index contributed by atoms with van der Waals surface area (Å²) in [4.78, 5) is 11.1. The van der Waals surface area contributed by atoms with Crippen LogP contribution in [0.4, 0.5) is 0 Å². The summed E-state index contributed by atoms with van der Waals surface area (Å²) in [6.07, 6.45) is 0.550. The van der Waals surface area contributed by atoms with Gasteiger partial charge >= 0.3 is 0 Å². The Labute approximate surface area is 149 Å². The van der Waals surface area contributed by atoms with Crippen LogP contribution >= 0.6 is 11.6 Å². The number of nitrogens with one attached hydrogen (secondary N) is 1. The molecular weight excluding hydrogens is 338 g/mol. The average molecular weight is 352 g/mol. The van der Waals surface area contributed by atoms with Crippen LogP contribution in [-0.4, -0.2) is 10.2 Å². The molecule has 0 saturated heterocycles. The molecule has 124 valence electrons. The van der Waals surface area contributed by atoms with Crippen molar-refractivity contribution in [2.75, 3.05) is 0 Å². The molecule has 0 radical (unpaired) electrons. The number of nitriles is 1. The number of halogens is 1. The summed E-state index contributed by atoms with van der Waals surface area (Å²) >= 11 is 6.00. The second-order valence-electron chi connectivity index (χ2n) is 5.54. The van der Waals surface area contributed by atoms with Crippen LogP contribution in [0.15, 0.2) is 53.3 Å². The van der Waals surface area contributed by atoms with Crippen molar-refractivity contribution in [2.45, 2.75) is 13.3 Å². The van der Waals surface area contributed by atoms with Gasteiger partial charge in [0.25, 0.3) is 5.56 Å². The van der Waals surface area contributed by atoms with E-state index in [2.05, 4.69) is 16.3 Å². The third kappa shape index (κ3) is 4.06. The minimum absolute atomic E-state index is 0.235. The van der Waals surface area contributed by atoms with Crippen LogP contribution < -0.4 is 10.3 Å². The van der Waals surface area contributed by atoms with Gasteiger partial charge in [-0.05, 0) is 42.3 Å². The number of aromatic nitrogens is 2. The highest BCUT2D eigenvalue weighted by Crippen LogP contribution is 2.31. The molecule has 25 heavy (non-hydrogen) atoms. The number of aryl methyl sites for hydroxylation is 1. The van der Waals surface area contributed by atoms with Gasteiger partial charge in [0.05, 0.1) is 11.3 Å². The smallest absolute Gasteiger partial charge is 0.264 e. The Morgan fingerprint density at radius 1 is 1.16 bits per heavy atom. The largest absolute Gasteiger partial charge is 0.456 e. The Balaban J connectivity index is 1.90. The highest BCUT2D eigenvalue weighted by atomic mass is 35.5. The molecule has 0 aliphatic rings. The van der Waals surface area contributed by atoms with E-state index in [0.717, 1.165) is 16.8 Å². The van der Waals surface area contributed by atoms with Crippen LogP contribution in [-0.2, 0) is 6.42 Å². The van der Waals surface area contributed by atoms with Crippen molar-refractivity contribution in [2.24, 2.45) is 0 Å². The van der Waals surface area contributed by atoms with E-state index in [-0.39, 0.29) is 5.56 Å². The van der Waals surface area contributed by atoms with Gasteiger partial charge in [-0.15, -0.1) is 0 Å². The fourth-order valence-electron chi connectivity index (χ4n) is 2.34. The van der Waals surface area contributed by atoms with E-state index in [0.29, 0.717) is 28.5 Å². The minimum atomic E-state index is -0.235. The standard InChI is InChI=1S/C19H14ClN3O2/c1-12-2-3-13(8-16-6-7-19(24)23-22-16)9-17(12)25-18-10-15(20)5-4-14(18)11-21/h2-7,9-10H,8H2,1H3,(H,23,24). The lowest BCUT2D eigenvalue weighted by Gasteiger charge is -2.12. The first-order valence-electron chi connectivity index (χ1n) is 7.57. The highest BCUT2D eigenvalue weighted by Gasteiger charge is 2.09. The Kier molecular flexibility index (Phi) is 4.82. The van der Waals surface area contributed by atoms with E-state index in [4.69, 9.17) is 16.3 Å². The average Bonchev–Trinajstić information content (AvgIpc) is 2.60. The number of hydrogen-bond donors (Lipinski definition) is 1. The van der Waals surface area contributed by atoms with Crippen molar-refractivity contribution >= 4 is 11.6 Å². The zero-order valence-electron chi connectivity index (χ0n) is 13.4. The maximum absolute atomic E-state index is 11.1. The molecule has 0 bridgehead atoms. The molecule has 1 aromatic heterocycles. The van der Waals surface area contributed by atoms with Crippen LogP contribution in [0.25, 0.3) is 0 Å². The Hall–Kier alpha value is -3.10. The summed E-state index contributed by atoms with van der Waals surface area (Å²) in [7, 11) is 0. The third-order valence-corrected chi connectivity index (χ3v) is 3.89.